The van der Waals surface area contributed by atoms with Crippen LogP contribution in [0.5, 0.6) is 0 Å². The number of halogens is 8. The third-order valence-corrected chi connectivity index (χ3v) is 15.0. The van der Waals surface area contributed by atoms with Crippen molar-refractivity contribution in [1.29, 1.82) is 0 Å². The molecule has 2 fully saturated rings. The zero-order chi connectivity index (χ0) is 56.0. The number of hydrogen-bond acceptors (Lipinski definition) is 12. The van der Waals surface area contributed by atoms with Gasteiger partial charge >= 0.3 is 12.4 Å². The number of alkyl halides is 6. The predicted octanol–water partition coefficient (Wildman–Crippen LogP) is 11.6. The van der Waals surface area contributed by atoms with E-state index >= 15 is 8.78 Å². The Morgan fingerprint density at radius 3 is 1.30 bits per heavy atom. The van der Waals surface area contributed by atoms with Gasteiger partial charge in [-0.3, -0.25) is 29.9 Å². The maximum atomic E-state index is 15.4. The summed E-state index contributed by atoms with van der Waals surface area (Å²) < 4.78 is 129. The number of hydrogen-bond donors (Lipinski definition) is 2. The summed E-state index contributed by atoms with van der Waals surface area (Å²) in [5, 5.41) is 5.96. The molecule has 0 amide bonds. The second-order valence-electron chi connectivity index (χ2n) is 20.1. The zero-order valence-corrected chi connectivity index (χ0v) is 43.8. The highest BCUT2D eigenvalue weighted by Gasteiger charge is 2.37. The maximum Gasteiger partial charge on any atom is 0.405 e. The Morgan fingerprint density at radius 1 is 0.550 bits per heavy atom. The molecule has 2 N–H and O–H groups in total. The van der Waals surface area contributed by atoms with Crippen molar-refractivity contribution in [3.8, 4) is 22.5 Å². The molecule has 10 aromatic rings. The summed E-state index contributed by atoms with van der Waals surface area (Å²) in [5.41, 5.74) is 9.09. The molecule has 2 saturated heterocycles. The molecule has 12 heterocycles. The Balaban J connectivity index is 0.000000169. The molecular formula is C56H54F8N14O2. The lowest BCUT2D eigenvalue weighted by Crippen LogP contribution is -2.28. The quantitative estimate of drug-likeness (QED) is 0.111. The third kappa shape index (κ3) is 10.5. The Bertz CT molecular complexity index is 3590. The van der Waals surface area contributed by atoms with E-state index in [4.69, 9.17) is 19.4 Å². The molecule has 0 spiro atoms. The fourth-order valence-electron chi connectivity index (χ4n) is 11.5. The molecular weight excluding hydrogens is 1050 g/mol. The van der Waals surface area contributed by atoms with E-state index in [2.05, 4.69) is 40.5 Å². The monoisotopic (exact) mass is 1110 g/mol. The molecule has 0 radical (unpaired) electrons. The van der Waals surface area contributed by atoms with Crippen molar-refractivity contribution in [2.45, 2.75) is 64.0 Å². The number of nitrogens with one attached hydrogen (secondary N) is 2. The summed E-state index contributed by atoms with van der Waals surface area (Å²) in [6, 6.07) is 8.55. The van der Waals surface area contributed by atoms with Gasteiger partial charge in [0.2, 0.25) is 0 Å². The van der Waals surface area contributed by atoms with Crippen LogP contribution in [0.3, 0.4) is 0 Å². The maximum absolute atomic E-state index is 15.4. The van der Waals surface area contributed by atoms with E-state index in [1.165, 1.54) is 36.7 Å². The first-order chi connectivity index (χ1) is 38.5. The zero-order valence-electron chi connectivity index (χ0n) is 43.8. The Kier molecular flexibility index (Phi) is 14.7. The van der Waals surface area contributed by atoms with Gasteiger partial charge < -0.3 is 38.4 Å². The van der Waals surface area contributed by atoms with E-state index in [1.807, 2.05) is 58.3 Å². The molecule has 2 aliphatic rings. The lowest BCUT2D eigenvalue weighted by molar-refractivity contribution is -0.115. The highest BCUT2D eigenvalue weighted by molar-refractivity contribution is 6.13. The highest BCUT2D eigenvalue weighted by atomic mass is 19.4. The van der Waals surface area contributed by atoms with E-state index in [-0.39, 0.29) is 34.6 Å². The summed E-state index contributed by atoms with van der Waals surface area (Å²) in [5.74, 6) is -1.02. The van der Waals surface area contributed by atoms with Crippen LogP contribution in [0.1, 0.15) is 60.5 Å². The second kappa shape index (κ2) is 21.8. The molecule has 24 heteroatoms. The van der Waals surface area contributed by atoms with Gasteiger partial charge in [-0.25, -0.2) is 18.7 Å². The van der Waals surface area contributed by atoms with Crippen LogP contribution in [0.2, 0.25) is 0 Å². The fraction of sp³-hybridized carbons (Fsp3) is 0.357. The average molecular weight is 1110 g/mol. The molecule has 416 valence electrons. The molecule has 0 aliphatic carbocycles. The van der Waals surface area contributed by atoms with E-state index in [1.54, 1.807) is 49.8 Å². The standard InChI is InChI=1S/2C28H27F4N7O/c2*1-16-26(38(2)15-37-16)18-10-21-25(35-11-18)23-20(36-14-28(30,31)32)12-33-13-22(23)39(21)27(17-5-8-40-9-6-17)24-19(29)4-3-7-34-24/h2*3-4,7,10-13,15,17,27,36H,5-6,8-9,14H2,1-2H3. The number of aryl methyl sites for hydroxylation is 4. The summed E-state index contributed by atoms with van der Waals surface area (Å²) in [4.78, 5) is 35.8. The molecule has 80 heavy (non-hydrogen) atoms. The van der Waals surface area contributed by atoms with Crippen molar-refractivity contribution in [3.05, 3.63) is 133 Å². The van der Waals surface area contributed by atoms with Crippen molar-refractivity contribution in [2.75, 3.05) is 50.2 Å². The minimum atomic E-state index is -4.43. The lowest BCUT2D eigenvalue weighted by atomic mass is 9.88. The SMILES string of the molecule is Cc1ncn(C)c1-c1cnc2c3c(NCC(F)(F)F)cncc3n(C(c3ncccc3F)C3CCOCC3)c2c1.Cc1ncn(C)c1-c1cnc2c3c(NCC(F)(F)F)cncc3n(C(c3ncccc3F)C3CCOCC3)c2c1. The Morgan fingerprint density at radius 2 is 0.950 bits per heavy atom. The van der Waals surface area contributed by atoms with E-state index < -0.39 is 49.2 Å². The fourth-order valence-corrected chi connectivity index (χ4v) is 11.5. The number of fused-ring (bicyclic) bond motifs is 6. The molecule has 0 saturated carbocycles. The van der Waals surface area contributed by atoms with Crippen LogP contribution in [0.4, 0.5) is 46.5 Å². The molecule has 0 bridgehead atoms. The molecule has 16 nitrogen and oxygen atoms in total. The average Bonchev–Trinajstić information content (AvgIpc) is 4.31. The molecule has 2 aliphatic heterocycles. The van der Waals surface area contributed by atoms with Gasteiger partial charge in [0.1, 0.15) is 24.7 Å². The number of aromatic nitrogens is 12. The molecule has 0 aromatic carbocycles. The minimum Gasteiger partial charge on any atom is -0.381 e. The number of imidazole rings is 2. The summed E-state index contributed by atoms with van der Waals surface area (Å²) in [7, 11) is 3.76. The Hall–Kier alpha value is -8.12. The topological polar surface area (TPSA) is 165 Å². The largest absolute Gasteiger partial charge is 0.405 e. The normalized spacial score (nSPS) is 15.7. The number of ether oxygens (including phenoxy) is 2. The van der Waals surface area contributed by atoms with Crippen LogP contribution in [-0.2, 0) is 23.6 Å². The van der Waals surface area contributed by atoms with E-state index in [9.17, 15) is 26.3 Å². The number of anilines is 2. The van der Waals surface area contributed by atoms with Gasteiger partial charge in [-0.05, 0) is 87.8 Å². The number of rotatable bonds is 12. The van der Waals surface area contributed by atoms with E-state index in [0.717, 1.165) is 33.9 Å². The third-order valence-electron chi connectivity index (χ3n) is 15.0. The number of nitrogens with zero attached hydrogens (tertiary/aromatic N) is 12. The van der Waals surface area contributed by atoms with Gasteiger partial charge in [-0.15, -0.1) is 0 Å². The first-order valence-corrected chi connectivity index (χ1v) is 25.9. The van der Waals surface area contributed by atoms with Crippen molar-refractivity contribution >= 4 is 55.2 Å². The summed E-state index contributed by atoms with van der Waals surface area (Å²) in [6.45, 7) is 3.39. The van der Waals surface area contributed by atoms with Crippen molar-refractivity contribution in [3.63, 3.8) is 0 Å². The van der Waals surface area contributed by atoms with Crippen LogP contribution in [-0.4, -0.2) is 110 Å². The van der Waals surface area contributed by atoms with Gasteiger partial charge in [0, 0.05) is 76.4 Å². The van der Waals surface area contributed by atoms with Gasteiger partial charge in [0.25, 0.3) is 0 Å². The van der Waals surface area contributed by atoms with Crippen molar-refractivity contribution in [2.24, 2.45) is 25.9 Å². The van der Waals surface area contributed by atoms with Crippen molar-refractivity contribution < 1.29 is 44.6 Å². The molecule has 10 aromatic heterocycles. The van der Waals surface area contributed by atoms with Crippen LogP contribution in [0.25, 0.3) is 66.4 Å². The molecule has 2 unspecified atom stereocenters. The second-order valence-corrected chi connectivity index (χ2v) is 20.1. The van der Waals surface area contributed by atoms with Crippen molar-refractivity contribution in [1.82, 2.24) is 58.1 Å². The van der Waals surface area contributed by atoms with Crippen LogP contribution in [0.15, 0.2) is 98.6 Å². The molecule has 12 rings (SSSR count). The van der Waals surface area contributed by atoms with Crippen LogP contribution in [0, 0.1) is 37.3 Å². The van der Waals surface area contributed by atoms with Gasteiger partial charge in [0.15, 0.2) is 0 Å². The van der Waals surface area contributed by atoms with Gasteiger partial charge in [0.05, 0.1) is 139 Å². The number of pyridine rings is 6. The summed E-state index contributed by atoms with van der Waals surface area (Å²) in [6.07, 6.45) is 9.61. The smallest absolute Gasteiger partial charge is 0.381 e. The van der Waals surface area contributed by atoms with Crippen LogP contribution < -0.4 is 10.6 Å². The Labute approximate surface area is 452 Å². The van der Waals surface area contributed by atoms with Gasteiger partial charge in [-0.1, -0.05) is 0 Å². The minimum absolute atomic E-state index is 0.0502. The predicted molar refractivity (Wildman–Crippen MR) is 285 cm³/mol. The van der Waals surface area contributed by atoms with E-state index in [0.29, 0.717) is 96.0 Å². The summed E-state index contributed by atoms with van der Waals surface area (Å²) >= 11 is 0. The molecule has 2 atom stereocenters. The highest BCUT2D eigenvalue weighted by Crippen LogP contribution is 2.45. The first kappa shape index (κ1) is 53.9. The van der Waals surface area contributed by atoms with Gasteiger partial charge in [-0.2, -0.15) is 26.3 Å². The lowest BCUT2D eigenvalue weighted by Gasteiger charge is -2.32. The van der Waals surface area contributed by atoms with Crippen LogP contribution >= 0.6 is 0 Å². The first-order valence-electron chi connectivity index (χ1n) is 25.9.